The summed E-state index contributed by atoms with van der Waals surface area (Å²) >= 11 is 1.62. The Morgan fingerprint density at radius 2 is 2.22 bits per heavy atom. The molecule has 1 atom stereocenters. The molecular weight excluding hydrogens is 364 g/mol. The quantitative estimate of drug-likeness (QED) is 0.403. The van der Waals surface area contributed by atoms with E-state index in [0.717, 1.165) is 36.5 Å². The number of thioether (sulfide) groups is 1. The van der Waals surface area contributed by atoms with Gasteiger partial charge in [-0.2, -0.15) is 11.8 Å². The number of imidazole rings is 1. The van der Waals surface area contributed by atoms with Gasteiger partial charge in [0.05, 0.1) is 19.1 Å². The molecule has 0 aliphatic rings. The second-order valence-corrected chi connectivity index (χ2v) is 6.99. The first-order valence-electron chi connectivity index (χ1n) is 8.83. The molecule has 3 N–H and O–H groups in total. The van der Waals surface area contributed by atoms with Crippen LogP contribution >= 0.6 is 11.8 Å². The SMILES string of the molecule is COC(=O)[C@H](CCSC)NC(=O)c1cccc(NCCCc2c[nH]cn2)c1. The number of nitrogens with one attached hydrogen (secondary N) is 3. The summed E-state index contributed by atoms with van der Waals surface area (Å²) in [6.07, 6.45) is 7.86. The number of aromatic nitrogens is 2. The highest BCUT2D eigenvalue weighted by Crippen LogP contribution is 2.12. The molecule has 1 aromatic carbocycles. The highest BCUT2D eigenvalue weighted by molar-refractivity contribution is 7.98. The summed E-state index contributed by atoms with van der Waals surface area (Å²) in [7, 11) is 1.33. The summed E-state index contributed by atoms with van der Waals surface area (Å²) in [5.41, 5.74) is 2.40. The van der Waals surface area contributed by atoms with Crippen molar-refractivity contribution in [1.82, 2.24) is 15.3 Å². The van der Waals surface area contributed by atoms with Crippen molar-refractivity contribution >= 4 is 29.3 Å². The molecule has 0 aliphatic heterocycles. The second kappa shape index (κ2) is 11.3. The molecule has 7 nitrogen and oxygen atoms in total. The molecule has 0 fully saturated rings. The molecule has 146 valence electrons. The molecule has 27 heavy (non-hydrogen) atoms. The number of methoxy groups -OCH3 is 1. The normalized spacial score (nSPS) is 11.6. The predicted molar refractivity (Wildman–Crippen MR) is 108 cm³/mol. The Bertz CT molecular complexity index is 722. The number of ether oxygens (including phenoxy) is 1. The fraction of sp³-hybridized carbons (Fsp3) is 0.421. The summed E-state index contributed by atoms with van der Waals surface area (Å²) in [4.78, 5) is 31.5. The fourth-order valence-corrected chi connectivity index (χ4v) is 3.04. The molecule has 0 bridgehead atoms. The van der Waals surface area contributed by atoms with Crippen molar-refractivity contribution in [1.29, 1.82) is 0 Å². The third-order valence-electron chi connectivity index (χ3n) is 4.02. The average molecular weight is 391 g/mol. The van der Waals surface area contributed by atoms with Gasteiger partial charge < -0.3 is 20.4 Å². The smallest absolute Gasteiger partial charge is 0.328 e. The van der Waals surface area contributed by atoms with E-state index in [1.54, 1.807) is 30.2 Å². The van der Waals surface area contributed by atoms with Gasteiger partial charge in [0.2, 0.25) is 0 Å². The molecule has 0 unspecified atom stereocenters. The third-order valence-corrected chi connectivity index (χ3v) is 4.66. The number of esters is 1. The van der Waals surface area contributed by atoms with E-state index >= 15 is 0 Å². The molecule has 0 spiro atoms. The molecule has 0 aliphatic carbocycles. The largest absolute Gasteiger partial charge is 0.467 e. The summed E-state index contributed by atoms with van der Waals surface area (Å²) in [5, 5.41) is 6.08. The van der Waals surface area contributed by atoms with Crippen LogP contribution in [0.1, 0.15) is 28.9 Å². The van der Waals surface area contributed by atoms with Crippen LogP contribution < -0.4 is 10.6 Å². The monoisotopic (exact) mass is 390 g/mol. The number of hydrogen-bond acceptors (Lipinski definition) is 6. The number of carbonyl (C=O) groups excluding carboxylic acids is 2. The van der Waals surface area contributed by atoms with Crippen molar-refractivity contribution in [2.45, 2.75) is 25.3 Å². The van der Waals surface area contributed by atoms with E-state index in [0.29, 0.717) is 12.0 Å². The number of aromatic amines is 1. The zero-order chi connectivity index (χ0) is 19.5. The van der Waals surface area contributed by atoms with Crippen LogP contribution in [0.25, 0.3) is 0 Å². The summed E-state index contributed by atoms with van der Waals surface area (Å²) in [5.74, 6) is 0.0502. The van der Waals surface area contributed by atoms with Crippen LogP contribution in [0.15, 0.2) is 36.8 Å². The first kappa shape index (κ1) is 20.8. The maximum atomic E-state index is 12.5. The summed E-state index contributed by atoms with van der Waals surface area (Å²) in [6.45, 7) is 0.774. The van der Waals surface area contributed by atoms with Crippen LogP contribution in [0, 0.1) is 0 Å². The highest BCUT2D eigenvalue weighted by atomic mass is 32.2. The molecule has 1 heterocycles. The Morgan fingerprint density at radius 1 is 1.37 bits per heavy atom. The maximum absolute atomic E-state index is 12.5. The van der Waals surface area contributed by atoms with Gasteiger partial charge in [-0.1, -0.05) is 6.07 Å². The summed E-state index contributed by atoms with van der Waals surface area (Å²) < 4.78 is 4.78. The van der Waals surface area contributed by atoms with Gasteiger partial charge in [-0.15, -0.1) is 0 Å². The van der Waals surface area contributed by atoms with Gasteiger partial charge >= 0.3 is 5.97 Å². The summed E-state index contributed by atoms with van der Waals surface area (Å²) in [6, 6.07) is 6.61. The molecule has 0 radical (unpaired) electrons. The van der Waals surface area contributed by atoms with Crippen LogP contribution in [0.4, 0.5) is 5.69 Å². The zero-order valence-corrected chi connectivity index (χ0v) is 16.5. The van der Waals surface area contributed by atoms with E-state index in [1.165, 1.54) is 7.11 Å². The van der Waals surface area contributed by atoms with Gasteiger partial charge in [0, 0.05) is 24.0 Å². The Balaban J connectivity index is 1.88. The minimum atomic E-state index is -0.639. The van der Waals surface area contributed by atoms with Gasteiger partial charge in [0.25, 0.3) is 5.91 Å². The molecule has 0 saturated carbocycles. The van der Waals surface area contributed by atoms with Gasteiger partial charge in [-0.05, 0) is 49.5 Å². The van der Waals surface area contributed by atoms with Crippen molar-refractivity contribution in [3.8, 4) is 0 Å². The van der Waals surface area contributed by atoms with Gasteiger partial charge in [0.1, 0.15) is 6.04 Å². The van der Waals surface area contributed by atoms with Crippen molar-refractivity contribution in [2.75, 3.05) is 31.0 Å². The predicted octanol–water partition coefficient (Wildman–Crippen LogP) is 2.48. The number of amides is 1. The third kappa shape index (κ3) is 6.97. The lowest BCUT2D eigenvalue weighted by atomic mass is 10.1. The van der Waals surface area contributed by atoms with Crippen molar-refractivity contribution in [3.05, 3.63) is 48.0 Å². The molecule has 1 aromatic heterocycles. The lowest BCUT2D eigenvalue weighted by molar-refractivity contribution is -0.142. The fourth-order valence-electron chi connectivity index (χ4n) is 2.57. The Morgan fingerprint density at radius 3 is 2.93 bits per heavy atom. The number of hydrogen-bond donors (Lipinski definition) is 3. The minimum absolute atomic E-state index is 0.285. The average Bonchev–Trinajstić information content (AvgIpc) is 3.21. The number of nitrogens with zero attached hydrogens (tertiary/aromatic N) is 1. The Kier molecular flexibility index (Phi) is 8.70. The Hall–Kier alpha value is -2.48. The molecule has 1 amide bonds. The van der Waals surface area contributed by atoms with Gasteiger partial charge in [-0.3, -0.25) is 4.79 Å². The molecule has 8 heteroatoms. The maximum Gasteiger partial charge on any atom is 0.328 e. The van der Waals surface area contributed by atoms with E-state index in [1.807, 2.05) is 24.6 Å². The molecular formula is C19H26N4O3S. The van der Waals surface area contributed by atoms with E-state index in [9.17, 15) is 9.59 Å². The van der Waals surface area contributed by atoms with Crippen LogP contribution in [0.2, 0.25) is 0 Å². The molecule has 0 saturated heterocycles. The number of H-pyrrole nitrogens is 1. The van der Waals surface area contributed by atoms with Crippen LogP contribution in [-0.4, -0.2) is 53.5 Å². The number of rotatable bonds is 11. The van der Waals surface area contributed by atoms with Crippen LogP contribution in [-0.2, 0) is 16.0 Å². The zero-order valence-electron chi connectivity index (χ0n) is 15.7. The number of anilines is 1. The van der Waals surface area contributed by atoms with Crippen molar-refractivity contribution in [2.24, 2.45) is 0 Å². The highest BCUT2D eigenvalue weighted by Gasteiger charge is 2.21. The van der Waals surface area contributed by atoms with E-state index in [-0.39, 0.29) is 5.91 Å². The number of benzene rings is 1. The number of carbonyl (C=O) groups is 2. The standard InChI is InChI=1S/C19H26N4O3S/c1-26-19(25)17(8-10-27-2)23-18(24)14-5-3-6-15(11-14)21-9-4-7-16-12-20-13-22-16/h3,5-6,11-13,17,21H,4,7-10H2,1-2H3,(H,20,22)(H,23,24)/t17-/m0/s1. The van der Waals surface area contributed by atoms with E-state index in [4.69, 9.17) is 4.74 Å². The molecule has 2 aromatic rings. The first-order chi connectivity index (χ1) is 13.1. The number of aryl methyl sites for hydroxylation is 1. The topological polar surface area (TPSA) is 96.1 Å². The van der Waals surface area contributed by atoms with E-state index < -0.39 is 12.0 Å². The minimum Gasteiger partial charge on any atom is -0.467 e. The van der Waals surface area contributed by atoms with Crippen LogP contribution in [0.3, 0.4) is 0 Å². The lowest BCUT2D eigenvalue weighted by Crippen LogP contribution is -2.41. The van der Waals surface area contributed by atoms with E-state index in [2.05, 4.69) is 20.6 Å². The first-order valence-corrected chi connectivity index (χ1v) is 10.2. The Labute approximate surface area is 163 Å². The molecule has 2 rings (SSSR count). The van der Waals surface area contributed by atoms with Gasteiger partial charge in [0.15, 0.2) is 0 Å². The lowest BCUT2D eigenvalue weighted by Gasteiger charge is -2.16. The van der Waals surface area contributed by atoms with Crippen molar-refractivity contribution < 1.29 is 14.3 Å². The second-order valence-electron chi connectivity index (χ2n) is 6.00. The van der Waals surface area contributed by atoms with Gasteiger partial charge in [-0.25, -0.2) is 9.78 Å². The van der Waals surface area contributed by atoms with Crippen LogP contribution in [0.5, 0.6) is 0 Å². The van der Waals surface area contributed by atoms with Crippen molar-refractivity contribution in [3.63, 3.8) is 0 Å².